The number of rotatable bonds is 4. The third-order valence-electron chi connectivity index (χ3n) is 5.23. The van der Waals surface area contributed by atoms with Crippen molar-refractivity contribution in [1.29, 1.82) is 0 Å². The predicted octanol–water partition coefficient (Wildman–Crippen LogP) is 5.16. The summed E-state index contributed by atoms with van der Waals surface area (Å²) in [5.41, 5.74) is 2.00. The van der Waals surface area contributed by atoms with E-state index in [0.717, 1.165) is 24.7 Å². The Morgan fingerprint density at radius 3 is 2.48 bits per heavy atom. The summed E-state index contributed by atoms with van der Waals surface area (Å²) < 4.78 is 6.65. The Labute approximate surface area is 130 Å². The van der Waals surface area contributed by atoms with Crippen molar-refractivity contribution in [3.05, 3.63) is 35.4 Å². The van der Waals surface area contributed by atoms with E-state index in [-0.39, 0.29) is 11.1 Å². The van der Waals surface area contributed by atoms with Crippen LogP contribution in [0.3, 0.4) is 0 Å². The Kier molecular flexibility index (Phi) is 4.74. The van der Waals surface area contributed by atoms with Gasteiger partial charge in [-0.25, -0.2) is 0 Å². The van der Waals surface area contributed by atoms with Crippen LogP contribution in [0.15, 0.2) is 24.3 Å². The highest BCUT2D eigenvalue weighted by Gasteiger charge is 2.42. The van der Waals surface area contributed by atoms with Crippen molar-refractivity contribution >= 4 is 14.6 Å². The lowest BCUT2D eigenvalue weighted by Crippen LogP contribution is -2.44. The lowest BCUT2D eigenvalue weighted by Gasteiger charge is -2.40. The molecule has 0 bridgehead atoms. The van der Waals surface area contributed by atoms with Gasteiger partial charge < -0.3 is 4.43 Å². The zero-order valence-electron chi connectivity index (χ0n) is 14.0. The molecule has 0 amide bonds. The van der Waals surface area contributed by atoms with Crippen molar-refractivity contribution in [1.82, 2.24) is 0 Å². The van der Waals surface area contributed by atoms with Crippen LogP contribution in [0.1, 0.15) is 61.9 Å². The van der Waals surface area contributed by atoms with Gasteiger partial charge in [0.1, 0.15) is 6.29 Å². The first-order valence-electron chi connectivity index (χ1n) is 7.98. The van der Waals surface area contributed by atoms with E-state index in [1.807, 2.05) is 18.2 Å². The van der Waals surface area contributed by atoms with Gasteiger partial charge in [0.05, 0.1) is 6.10 Å². The Balaban J connectivity index is 2.23. The van der Waals surface area contributed by atoms with E-state index in [9.17, 15) is 4.79 Å². The average Bonchev–Trinajstić information content (AvgIpc) is 2.84. The molecule has 2 atom stereocenters. The van der Waals surface area contributed by atoms with Crippen LogP contribution in [-0.4, -0.2) is 20.7 Å². The summed E-state index contributed by atoms with van der Waals surface area (Å²) in [6.45, 7) is 11.5. The van der Waals surface area contributed by atoms with Gasteiger partial charge in [-0.15, -0.1) is 0 Å². The molecule has 3 heteroatoms. The molecule has 0 radical (unpaired) electrons. The molecule has 0 N–H and O–H groups in total. The molecule has 2 rings (SSSR count). The van der Waals surface area contributed by atoms with Gasteiger partial charge in [0.25, 0.3) is 0 Å². The van der Waals surface area contributed by atoms with Crippen LogP contribution in [0.2, 0.25) is 18.1 Å². The predicted molar refractivity (Wildman–Crippen MR) is 90.5 cm³/mol. The minimum Gasteiger partial charge on any atom is -0.413 e. The topological polar surface area (TPSA) is 26.3 Å². The van der Waals surface area contributed by atoms with E-state index in [1.165, 1.54) is 12.0 Å². The van der Waals surface area contributed by atoms with E-state index in [4.69, 9.17) is 4.43 Å². The summed E-state index contributed by atoms with van der Waals surface area (Å²) in [5.74, 6) is 0.375. The molecule has 0 heterocycles. The zero-order chi connectivity index (χ0) is 15.7. The molecule has 1 aliphatic rings. The molecule has 1 saturated carbocycles. The second kappa shape index (κ2) is 6.05. The summed E-state index contributed by atoms with van der Waals surface area (Å²) in [6, 6.07) is 7.99. The second-order valence-corrected chi connectivity index (χ2v) is 12.5. The van der Waals surface area contributed by atoms with E-state index in [1.54, 1.807) is 0 Å². The standard InChI is InChI=1S/C18H28O2Si/c1-18(2,3)21(4,5)20-17-12-8-11-16(17)15-10-7-6-9-14(15)13-19/h6-7,9-10,13,16-17H,8,11-12H2,1-5H3/t16-,17+/m1/s1. The third kappa shape index (κ3) is 3.46. The van der Waals surface area contributed by atoms with Crippen molar-refractivity contribution in [2.45, 2.75) is 70.2 Å². The van der Waals surface area contributed by atoms with Crippen LogP contribution in [0.5, 0.6) is 0 Å². The van der Waals surface area contributed by atoms with Crippen LogP contribution >= 0.6 is 0 Å². The van der Waals surface area contributed by atoms with Crippen molar-refractivity contribution in [2.75, 3.05) is 0 Å². The molecule has 0 saturated heterocycles. The van der Waals surface area contributed by atoms with Crippen molar-refractivity contribution < 1.29 is 9.22 Å². The maximum atomic E-state index is 11.3. The molecule has 2 nitrogen and oxygen atoms in total. The van der Waals surface area contributed by atoms with Crippen molar-refractivity contribution in [3.8, 4) is 0 Å². The van der Waals surface area contributed by atoms with E-state index < -0.39 is 8.32 Å². The Bertz CT molecular complexity index is 502. The molecule has 0 spiro atoms. The first kappa shape index (κ1) is 16.4. The van der Waals surface area contributed by atoms with Crippen LogP contribution in [0.25, 0.3) is 0 Å². The number of carbonyl (C=O) groups is 1. The maximum Gasteiger partial charge on any atom is 0.192 e. The van der Waals surface area contributed by atoms with Crippen LogP contribution in [0.4, 0.5) is 0 Å². The summed E-state index contributed by atoms with van der Waals surface area (Å²) in [5, 5.41) is 0.227. The van der Waals surface area contributed by atoms with Crippen molar-refractivity contribution in [3.63, 3.8) is 0 Å². The van der Waals surface area contributed by atoms with Crippen molar-refractivity contribution in [2.24, 2.45) is 0 Å². The number of aldehydes is 1. The second-order valence-electron chi connectivity index (χ2n) is 7.70. The summed E-state index contributed by atoms with van der Waals surface area (Å²) in [6.07, 6.45) is 4.69. The van der Waals surface area contributed by atoms with Crippen LogP contribution in [0, 0.1) is 0 Å². The molecule has 1 aromatic carbocycles. The molecule has 21 heavy (non-hydrogen) atoms. The average molecular weight is 305 g/mol. The molecule has 116 valence electrons. The quantitative estimate of drug-likeness (QED) is 0.567. The molecular weight excluding hydrogens is 276 g/mol. The first-order chi connectivity index (χ1) is 9.76. The van der Waals surface area contributed by atoms with Gasteiger partial charge >= 0.3 is 0 Å². The fourth-order valence-electron chi connectivity index (χ4n) is 2.93. The zero-order valence-corrected chi connectivity index (χ0v) is 15.0. The Hall–Kier alpha value is -0.933. The number of benzene rings is 1. The lowest BCUT2D eigenvalue weighted by atomic mass is 9.92. The minimum atomic E-state index is -1.76. The normalized spacial score (nSPS) is 23.3. The Morgan fingerprint density at radius 2 is 1.86 bits per heavy atom. The smallest absolute Gasteiger partial charge is 0.192 e. The largest absolute Gasteiger partial charge is 0.413 e. The van der Waals surface area contributed by atoms with Gasteiger partial charge in [-0.05, 0) is 36.5 Å². The highest BCUT2D eigenvalue weighted by molar-refractivity contribution is 6.74. The lowest BCUT2D eigenvalue weighted by molar-refractivity contribution is 0.112. The van der Waals surface area contributed by atoms with Gasteiger partial charge in [0, 0.05) is 11.5 Å². The van der Waals surface area contributed by atoms with E-state index in [0.29, 0.717) is 5.92 Å². The molecule has 1 aliphatic carbocycles. The van der Waals surface area contributed by atoms with Gasteiger partial charge in [0.15, 0.2) is 8.32 Å². The summed E-state index contributed by atoms with van der Waals surface area (Å²) in [4.78, 5) is 11.3. The summed E-state index contributed by atoms with van der Waals surface area (Å²) >= 11 is 0. The number of hydrogen-bond acceptors (Lipinski definition) is 2. The SMILES string of the molecule is CC(C)(C)[Si](C)(C)O[C@H]1CCC[C@@H]1c1ccccc1C=O. The maximum absolute atomic E-state index is 11.3. The van der Waals surface area contributed by atoms with E-state index in [2.05, 4.69) is 39.9 Å². The molecular formula is C18H28O2Si. The Morgan fingerprint density at radius 1 is 1.19 bits per heavy atom. The van der Waals surface area contributed by atoms with E-state index >= 15 is 0 Å². The molecule has 0 aliphatic heterocycles. The highest BCUT2D eigenvalue weighted by atomic mass is 28.4. The van der Waals surface area contributed by atoms with Gasteiger partial charge in [-0.1, -0.05) is 51.5 Å². The van der Waals surface area contributed by atoms with Gasteiger partial charge in [0.2, 0.25) is 0 Å². The van der Waals surface area contributed by atoms with Crippen LogP contribution in [-0.2, 0) is 4.43 Å². The minimum absolute atomic E-state index is 0.227. The fourth-order valence-corrected chi connectivity index (χ4v) is 4.33. The van der Waals surface area contributed by atoms with Gasteiger partial charge in [-0.2, -0.15) is 0 Å². The number of carbonyl (C=O) groups excluding carboxylic acids is 1. The highest BCUT2D eigenvalue weighted by Crippen LogP contribution is 2.44. The molecule has 1 fully saturated rings. The molecule has 0 unspecified atom stereocenters. The fraction of sp³-hybridized carbons (Fsp3) is 0.611. The first-order valence-corrected chi connectivity index (χ1v) is 10.9. The summed E-state index contributed by atoms with van der Waals surface area (Å²) in [7, 11) is -1.76. The van der Waals surface area contributed by atoms with Crippen LogP contribution < -0.4 is 0 Å². The third-order valence-corrected chi connectivity index (χ3v) is 9.73. The monoisotopic (exact) mass is 304 g/mol. The number of hydrogen-bond donors (Lipinski definition) is 0. The molecule has 1 aromatic rings. The van der Waals surface area contributed by atoms with Gasteiger partial charge in [-0.3, -0.25) is 4.79 Å². The molecule has 0 aromatic heterocycles.